The molecule has 2 rings (SSSR count). The van der Waals surface area contributed by atoms with Crippen LogP contribution >= 0.6 is 11.6 Å². The number of ether oxygens (including phenoxy) is 1. The summed E-state index contributed by atoms with van der Waals surface area (Å²) in [7, 11) is 0. The monoisotopic (exact) mass is 264 g/mol. The minimum Gasteiger partial charge on any atom is -0.464 e. The predicted molar refractivity (Wildman–Crippen MR) is 72.3 cm³/mol. The highest BCUT2D eigenvalue weighted by atomic mass is 35.5. The number of hydrogen-bond donors (Lipinski definition) is 2. The molecule has 0 saturated carbocycles. The van der Waals surface area contributed by atoms with Crippen LogP contribution in [0.1, 0.15) is 6.92 Å². The topological polar surface area (TPSA) is 73.1 Å². The van der Waals surface area contributed by atoms with E-state index in [1.54, 1.807) is 12.1 Å². The molecule has 5 nitrogen and oxygen atoms in total. The number of halogens is 1. The van der Waals surface area contributed by atoms with Crippen molar-refractivity contribution in [1.29, 1.82) is 0 Å². The van der Waals surface area contributed by atoms with Gasteiger partial charge in [0.1, 0.15) is 0 Å². The van der Waals surface area contributed by atoms with Gasteiger partial charge in [-0.1, -0.05) is 11.6 Å². The van der Waals surface area contributed by atoms with E-state index < -0.39 is 0 Å². The van der Waals surface area contributed by atoms with Gasteiger partial charge in [0.2, 0.25) is 0 Å². The Morgan fingerprint density at radius 1 is 1.33 bits per heavy atom. The lowest BCUT2D eigenvalue weighted by atomic mass is 10.3. The second kappa shape index (κ2) is 5.55. The summed E-state index contributed by atoms with van der Waals surface area (Å²) in [6, 6.07) is 7.53. The number of nitrogens with one attached hydrogen (secondary N) is 1. The Bertz CT molecular complexity index is 530. The van der Waals surface area contributed by atoms with E-state index in [9.17, 15) is 0 Å². The average molecular weight is 265 g/mol. The zero-order valence-corrected chi connectivity index (χ0v) is 10.6. The summed E-state index contributed by atoms with van der Waals surface area (Å²) < 4.78 is 5.22. The van der Waals surface area contributed by atoms with Crippen LogP contribution in [-0.2, 0) is 0 Å². The third-order valence-corrected chi connectivity index (χ3v) is 2.43. The first-order chi connectivity index (χ1) is 8.69. The van der Waals surface area contributed by atoms with Crippen molar-refractivity contribution in [2.75, 3.05) is 17.7 Å². The Morgan fingerprint density at radius 3 is 2.72 bits per heavy atom. The second-order valence-corrected chi connectivity index (χ2v) is 3.96. The van der Waals surface area contributed by atoms with Crippen molar-refractivity contribution < 1.29 is 4.74 Å². The molecule has 1 heterocycles. The van der Waals surface area contributed by atoms with Crippen LogP contribution in [0.15, 0.2) is 30.5 Å². The van der Waals surface area contributed by atoms with Crippen LogP contribution in [0.5, 0.6) is 6.01 Å². The molecular formula is C12H13ClN4O. The maximum atomic E-state index is 5.81. The van der Waals surface area contributed by atoms with Crippen LogP contribution < -0.4 is 15.8 Å². The molecule has 94 valence electrons. The number of aromatic nitrogens is 2. The molecular weight excluding hydrogens is 252 g/mol. The third-order valence-electron chi connectivity index (χ3n) is 2.18. The van der Waals surface area contributed by atoms with Crippen LogP contribution in [-0.4, -0.2) is 16.6 Å². The number of nitrogens with zero attached hydrogens (tertiary/aromatic N) is 2. The fourth-order valence-electron chi connectivity index (χ4n) is 1.34. The minimum absolute atomic E-state index is 0.295. The molecule has 6 heteroatoms. The molecule has 0 radical (unpaired) electrons. The lowest BCUT2D eigenvalue weighted by molar-refractivity contribution is 0.313. The second-order valence-electron chi connectivity index (χ2n) is 3.52. The Labute approximate surface area is 110 Å². The summed E-state index contributed by atoms with van der Waals surface area (Å²) >= 11 is 5.81. The van der Waals surface area contributed by atoms with Gasteiger partial charge in [-0.3, -0.25) is 0 Å². The normalized spacial score (nSPS) is 10.1. The van der Waals surface area contributed by atoms with Gasteiger partial charge in [0, 0.05) is 10.7 Å². The lowest BCUT2D eigenvalue weighted by Gasteiger charge is -2.09. The standard InChI is InChI=1S/C12H13ClN4O/c1-2-18-12-15-7-10(14)11(17-12)16-9-5-3-8(13)4-6-9/h3-7H,2,14H2,1H3,(H,15,16,17). The van der Waals surface area contributed by atoms with Crippen molar-refractivity contribution in [3.05, 3.63) is 35.5 Å². The summed E-state index contributed by atoms with van der Waals surface area (Å²) in [6.45, 7) is 2.37. The summed E-state index contributed by atoms with van der Waals surface area (Å²) in [5.41, 5.74) is 7.09. The van der Waals surface area contributed by atoms with Gasteiger partial charge in [-0.15, -0.1) is 0 Å². The molecule has 1 aromatic carbocycles. The molecule has 18 heavy (non-hydrogen) atoms. The van der Waals surface area contributed by atoms with Gasteiger partial charge in [0.05, 0.1) is 18.5 Å². The van der Waals surface area contributed by atoms with Gasteiger partial charge in [-0.25, -0.2) is 4.98 Å². The molecule has 0 aliphatic rings. The third kappa shape index (κ3) is 3.01. The summed E-state index contributed by atoms with van der Waals surface area (Å²) in [5, 5.41) is 3.76. The molecule has 0 aliphatic heterocycles. The summed E-state index contributed by atoms with van der Waals surface area (Å²) in [4.78, 5) is 8.14. The quantitative estimate of drug-likeness (QED) is 0.888. The van der Waals surface area contributed by atoms with Crippen LogP contribution in [0.2, 0.25) is 5.02 Å². The molecule has 3 N–H and O–H groups in total. The van der Waals surface area contributed by atoms with Gasteiger partial charge in [-0.2, -0.15) is 4.98 Å². The van der Waals surface area contributed by atoms with Crippen LogP contribution in [0, 0.1) is 0 Å². The largest absolute Gasteiger partial charge is 0.464 e. The molecule has 2 aromatic rings. The van der Waals surface area contributed by atoms with Crippen LogP contribution in [0.4, 0.5) is 17.2 Å². The Hall–Kier alpha value is -2.01. The summed E-state index contributed by atoms with van der Waals surface area (Å²) in [6.07, 6.45) is 1.51. The van der Waals surface area contributed by atoms with Crippen molar-refractivity contribution in [3.8, 4) is 6.01 Å². The van der Waals surface area contributed by atoms with E-state index in [4.69, 9.17) is 22.1 Å². The van der Waals surface area contributed by atoms with Gasteiger partial charge < -0.3 is 15.8 Å². The first kappa shape index (κ1) is 12.4. The van der Waals surface area contributed by atoms with Crippen molar-refractivity contribution in [1.82, 2.24) is 9.97 Å². The molecule has 0 saturated heterocycles. The molecule has 0 fully saturated rings. The van der Waals surface area contributed by atoms with E-state index in [-0.39, 0.29) is 0 Å². The molecule has 0 unspecified atom stereocenters. The van der Waals surface area contributed by atoms with Crippen molar-refractivity contribution >= 4 is 28.8 Å². The van der Waals surface area contributed by atoms with Gasteiger partial charge >= 0.3 is 6.01 Å². The number of rotatable bonds is 4. The number of nitrogens with two attached hydrogens (primary N) is 1. The Kier molecular flexibility index (Phi) is 3.84. The van der Waals surface area contributed by atoms with Gasteiger partial charge in [0.25, 0.3) is 0 Å². The highest BCUT2D eigenvalue weighted by molar-refractivity contribution is 6.30. The number of benzene rings is 1. The fourth-order valence-corrected chi connectivity index (χ4v) is 1.47. The summed E-state index contributed by atoms with van der Waals surface area (Å²) in [5.74, 6) is 0.510. The smallest absolute Gasteiger partial charge is 0.318 e. The van der Waals surface area contributed by atoms with E-state index in [1.807, 2.05) is 19.1 Å². The fraction of sp³-hybridized carbons (Fsp3) is 0.167. The zero-order valence-electron chi connectivity index (χ0n) is 9.85. The van der Waals surface area contributed by atoms with E-state index >= 15 is 0 Å². The molecule has 0 spiro atoms. The molecule has 0 aliphatic carbocycles. The van der Waals surface area contributed by atoms with Crippen LogP contribution in [0.25, 0.3) is 0 Å². The Balaban J connectivity index is 2.22. The van der Waals surface area contributed by atoms with Gasteiger partial charge in [-0.05, 0) is 31.2 Å². The highest BCUT2D eigenvalue weighted by Gasteiger charge is 2.05. The van der Waals surface area contributed by atoms with Crippen molar-refractivity contribution in [2.45, 2.75) is 6.92 Å². The molecule has 0 atom stereocenters. The highest BCUT2D eigenvalue weighted by Crippen LogP contribution is 2.23. The molecule has 0 bridgehead atoms. The minimum atomic E-state index is 0.295. The predicted octanol–water partition coefficient (Wildman–Crippen LogP) is 2.85. The SMILES string of the molecule is CCOc1ncc(N)c(Nc2ccc(Cl)cc2)n1. The molecule has 0 amide bonds. The first-order valence-electron chi connectivity index (χ1n) is 5.47. The van der Waals surface area contributed by atoms with Crippen molar-refractivity contribution in [3.63, 3.8) is 0 Å². The Morgan fingerprint density at radius 2 is 2.06 bits per heavy atom. The number of hydrogen-bond acceptors (Lipinski definition) is 5. The maximum absolute atomic E-state index is 5.81. The first-order valence-corrected chi connectivity index (χ1v) is 5.84. The average Bonchev–Trinajstić information content (AvgIpc) is 2.36. The zero-order chi connectivity index (χ0) is 13.0. The maximum Gasteiger partial charge on any atom is 0.318 e. The lowest BCUT2D eigenvalue weighted by Crippen LogP contribution is -2.04. The van der Waals surface area contributed by atoms with Crippen LogP contribution in [0.3, 0.4) is 0 Å². The van der Waals surface area contributed by atoms with E-state index in [2.05, 4.69) is 15.3 Å². The number of anilines is 3. The number of nitrogen functional groups attached to an aromatic ring is 1. The van der Waals surface area contributed by atoms with E-state index in [1.165, 1.54) is 6.20 Å². The van der Waals surface area contributed by atoms with E-state index in [0.29, 0.717) is 29.1 Å². The van der Waals surface area contributed by atoms with E-state index in [0.717, 1.165) is 5.69 Å². The molecule has 1 aromatic heterocycles. The van der Waals surface area contributed by atoms with Crippen molar-refractivity contribution in [2.24, 2.45) is 0 Å². The van der Waals surface area contributed by atoms with Gasteiger partial charge in [0.15, 0.2) is 5.82 Å².